The molecule has 0 radical (unpaired) electrons. The van der Waals surface area contributed by atoms with Crippen LogP contribution in [-0.4, -0.2) is 72.7 Å². The third kappa shape index (κ3) is 6.01. The van der Waals surface area contributed by atoms with Crippen molar-refractivity contribution < 1.29 is 23.9 Å². The number of nitrogens with zero attached hydrogens (tertiary/aromatic N) is 3. The molecule has 4 N–H and O–H groups in total. The zero-order chi connectivity index (χ0) is 29.1. The van der Waals surface area contributed by atoms with Gasteiger partial charge in [0.2, 0.25) is 6.79 Å². The number of anilines is 2. The van der Waals surface area contributed by atoms with Crippen LogP contribution < -0.4 is 30.7 Å². The molecule has 1 saturated heterocycles. The Hall–Kier alpha value is -4.64. The van der Waals surface area contributed by atoms with Crippen molar-refractivity contribution in [2.75, 3.05) is 43.2 Å². The Morgan fingerprint density at radius 2 is 1.48 bits per heavy atom. The number of pyridine rings is 1. The van der Waals surface area contributed by atoms with Crippen molar-refractivity contribution in [1.29, 1.82) is 0 Å². The summed E-state index contributed by atoms with van der Waals surface area (Å²) in [5.41, 5.74) is 8.80. The lowest BCUT2D eigenvalue weighted by atomic mass is 9.91. The molecule has 3 aromatic rings. The highest BCUT2D eigenvalue weighted by Crippen LogP contribution is 2.34. The van der Waals surface area contributed by atoms with Crippen LogP contribution in [0.2, 0.25) is 0 Å². The number of nitrogens with two attached hydrogens (primary N) is 1. The molecule has 2 aromatic carbocycles. The predicted octanol–water partition coefficient (Wildman–Crippen LogP) is 3.02. The number of rotatable bonds is 6. The van der Waals surface area contributed by atoms with Gasteiger partial charge in [-0.2, -0.15) is 0 Å². The number of hydrogen-bond donors (Lipinski definition) is 3. The molecule has 0 bridgehead atoms. The van der Waals surface area contributed by atoms with Crippen LogP contribution in [0.5, 0.6) is 11.5 Å². The summed E-state index contributed by atoms with van der Waals surface area (Å²) in [6.07, 6.45) is 6.69. The van der Waals surface area contributed by atoms with Gasteiger partial charge >= 0.3 is 0 Å². The highest BCUT2D eigenvalue weighted by Gasteiger charge is 2.26. The number of piperazine rings is 1. The fraction of sp³-hybridized carbons (Fsp3) is 0.355. The maximum atomic E-state index is 13.4. The van der Waals surface area contributed by atoms with E-state index in [2.05, 4.69) is 20.5 Å². The molecule has 1 aliphatic carbocycles. The Labute approximate surface area is 244 Å². The summed E-state index contributed by atoms with van der Waals surface area (Å²) >= 11 is 0. The quantitative estimate of drug-likeness (QED) is 0.411. The summed E-state index contributed by atoms with van der Waals surface area (Å²) in [5.74, 6) is 0.546. The van der Waals surface area contributed by atoms with Gasteiger partial charge in [-0.05, 0) is 74.2 Å². The minimum atomic E-state index is -0.333. The number of hydrogen-bond acceptors (Lipinski definition) is 8. The first-order chi connectivity index (χ1) is 20.4. The number of aromatic nitrogens is 1. The van der Waals surface area contributed by atoms with E-state index in [0.29, 0.717) is 60.1 Å². The topological polar surface area (TPSA) is 139 Å². The highest BCUT2D eigenvalue weighted by atomic mass is 16.7. The lowest BCUT2D eigenvalue weighted by molar-refractivity contribution is 0.0746. The Bertz CT molecular complexity index is 1470. The molecule has 3 amide bonds. The molecule has 2 fully saturated rings. The molecule has 1 saturated carbocycles. The molecule has 3 aliphatic rings. The van der Waals surface area contributed by atoms with Gasteiger partial charge in [-0.15, -0.1) is 0 Å². The van der Waals surface area contributed by atoms with Gasteiger partial charge in [0.15, 0.2) is 11.5 Å². The zero-order valence-corrected chi connectivity index (χ0v) is 23.3. The van der Waals surface area contributed by atoms with E-state index in [9.17, 15) is 14.4 Å². The summed E-state index contributed by atoms with van der Waals surface area (Å²) in [6, 6.07) is 14.1. The number of carbonyl (C=O) groups is 3. The number of benzene rings is 2. The highest BCUT2D eigenvalue weighted by molar-refractivity contribution is 6.07. The molecule has 2 aliphatic heterocycles. The van der Waals surface area contributed by atoms with Crippen LogP contribution in [0, 0.1) is 0 Å². The molecule has 0 unspecified atom stereocenters. The lowest BCUT2D eigenvalue weighted by Crippen LogP contribution is -2.49. The smallest absolute Gasteiger partial charge is 0.255 e. The van der Waals surface area contributed by atoms with Crippen LogP contribution in [0.4, 0.5) is 11.4 Å². The largest absolute Gasteiger partial charge is 0.454 e. The van der Waals surface area contributed by atoms with Crippen molar-refractivity contribution in [3.63, 3.8) is 0 Å². The fourth-order valence-electron chi connectivity index (χ4n) is 5.65. The summed E-state index contributed by atoms with van der Waals surface area (Å²) in [5, 5.41) is 6.15. The first-order valence-corrected chi connectivity index (χ1v) is 14.3. The van der Waals surface area contributed by atoms with Crippen LogP contribution in [-0.2, 0) is 0 Å². The van der Waals surface area contributed by atoms with Gasteiger partial charge in [-0.3, -0.25) is 19.4 Å². The summed E-state index contributed by atoms with van der Waals surface area (Å²) in [7, 11) is 0. The van der Waals surface area contributed by atoms with Gasteiger partial charge in [-0.25, -0.2) is 0 Å². The molecular weight excluding hydrogens is 536 g/mol. The van der Waals surface area contributed by atoms with Crippen molar-refractivity contribution in [3.05, 3.63) is 77.6 Å². The Kier molecular flexibility index (Phi) is 7.91. The molecule has 0 spiro atoms. The fourth-order valence-corrected chi connectivity index (χ4v) is 5.65. The molecule has 0 atom stereocenters. The Morgan fingerprint density at radius 1 is 0.786 bits per heavy atom. The van der Waals surface area contributed by atoms with Crippen molar-refractivity contribution >= 4 is 29.1 Å². The third-order valence-electron chi connectivity index (χ3n) is 8.08. The normalized spacial score (nSPS) is 19.7. The standard InChI is InChI=1S/C31H34N6O5/c32-23-3-5-24(6-4-23)34-29(38)21-1-7-26(36-13-15-37(16-14-36)31(40)20-9-11-33-12-10-20)25(17-21)35-30(39)22-2-8-27-28(18-22)42-19-41-27/h1-2,7-12,17-18,23-24H,3-6,13-16,19,32H2,(H,34,38)(H,35,39). The molecular formula is C31H34N6O5. The van der Waals surface area contributed by atoms with Gasteiger partial charge in [0.1, 0.15) is 0 Å². The maximum Gasteiger partial charge on any atom is 0.255 e. The maximum absolute atomic E-state index is 13.4. The number of fused-ring (bicyclic) bond motifs is 1. The Morgan fingerprint density at radius 3 is 2.24 bits per heavy atom. The molecule has 11 heteroatoms. The second-order valence-electron chi connectivity index (χ2n) is 10.9. The third-order valence-corrected chi connectivity index (χ3v) is 8.08. The van der Waals surface area contributed by atoms with Crippen LogP contribution in [0.15, 0.2) is 60.9 Å². The minimum Gasteiger partial charge on any atom is -0.454 e. The number of carbonyl (C=O) groups excluding carboxylic acids is 3. The molecule has 42 heavy (non-hydrogen) atoms. The van der Waals surface area contributed by atoms with Crippen molar-refractivity contribution in [2.45, 2.75) is 37.8 Å². The SMILES string of the molecule is NC1CCC(NC(=O)c2ccc(N3CCN(C(=O)c4ccncc4)CC3)c(NC(=O)c3ccc4c(c3)OCO4)c2)CC1. The first kappa shape index (κ1) is 27.5. The Balaban J connectivity index is 1.21. The van der Waals surface area contributed by atoms with Crippen molar-refractivity contribution in [2.24, 2.45) is 5.73 Å². The average Bonchev–Trinajstić information content (AvgIpc) is 3.50. The van der Waals surface area contributed by atoms with Crippen LogP contribution in [0.3, 0.4) is 0 Å². The number of nitrogens with one attached hydrogen (secondary N) is 2. The van der Waals surface area contributed by atoms with Crippen molar-refractivity contribution in [1.82, 2.24) is 15.2 Å². The van der Waals surface area contributed by atoms with E-state index >= 15 is 0 Å². The zero-order valence-electron chi connectivity index (χ0n) is 23.3. The van der Waals surface area contributed by atoms with Crippen LogP contribution in [0.25, 0.3) is 0 Å². The van der Waals surface area contributed by atoms with E-state index in [1.54, 1.807) is 54.9 Å². The van der Waals surface area contributed by atoms with E-state index in [1.165, 1.54) is 0 Å². The first-order valence-electron chi connectivity index (χ1n) is 14.3. The van der Waals surface area contributed by atoms with Gasteiger partial charge in [-0.1, -0.05) is 0 Å². The molecule has 11 nitrogen and oxygen atoms in total. The van der Waals surface area contributed by atoms with Gasteiger partial charge in [0.05, 0.1) is 11.4 Å². The van der Waals surface area contributed by atoms with Gasteiger partial charge in [0, 0.05) is 67.3 Å². The van der Waals surface area contributed by atoms with E-state index in [0.717, 1.165) is 31.4 Å². The molecule has 6 rings (SSSR count). The second kappa shape index (κ2) is 12.1. The van der Waals surface area contributed by atoms with Crippen LogP contribution in [0.1, 0.15) is 56.8 Å². The second-order valence-corrected chi connectivity index (χ2v) is 10.9. The molecule has 3 heterocycles. The summed E-state index contributed by atoms with van der Waals surface area (Å²) in [6.45, 7) is 2.28. The van der Waals surface area contributed by atoms with E-state index in [-0.39, 0.29) is 36.6 Å². The van der Waals surface area contributed by atoms with E-state index in [4.69, 9.17) is 15.2 Å². The molecule has 218 valence electrons. The lowest BCUT2D eigenvalue weighted by Gasteiger charge is -2.37. The predicted molar refractivity (Wildman–Crippen MR) is 157 cm³/mol. The molecule has 1 aromatic heterocycles. The van der Waals surface area contributed by atoms with E-state index in [1.807, 2.05) is 11.0 Å². The van der Waals surface area contributed by atoms with E-state index < -0.39 is 0 Å². The summed E-state index contributed by atoms with van der Waals surface area (Å²) in [4.78, 5) is 47.5. The number of ether oxygens (including phenoxy) is 2. The van der Waals surface area contributed by atoms with Crippen molar-refractivity contribution in [3.8, 4) is 11.5 Å². The van der Waals surface area contributed by atoms with Crippen LogP contribution >= 0.6 is 0 Å². The minimum absolute atomic E-state index is 0.0379. The average molecular weight is 571 g/mol. The summed E-state index contributed by atoms with van der Waals surface area (Å²) < 4.78 is 10.8. The van der Waals surface area contributed by atoms with Gasteiger partial charge < -0.3 is 35.6 Å². The monoisotopic (exact) mass is 570 g/mol. The van der Waals surface area contributed by atoms with Gasteiger partial charge in [0.25, 0.3) is 17.7 Å². The number of amides is 3.